The molecule has 7 nitrogen and oxygen atoms in total. The third-order valence-electron chi connectivity index (χ3n) is 6.24. The highest BCUT2D eigenvalue weighted by Crippen LogP contribution is 2.29. The molecule has 3 heterocycles. The second-order valence-electron chi connectivity index (χ2n) is 8.57. The summed E-state index contributed by atoms with van der Waals surface area (Å²) >= 11 is 0. The number of anilines is 1. The minimum Gasteiger partial charge on any atom is -0.356 e. The standard InChI is InChI=1S/C22H33N5O2/c1-16-20-21(27-14-8-4-5-9-15-27)24-18(25-22(20)29-26-16)12-13-19(28)23-17-10-6-2-3-7-11-17/h17H,2-15H2,1H3,(H,23,28). The quantitative estimate of drug-likeness (QED) is 0.763. The van der Waals surface area contributed by atoms with E-state index in [1.165, 1.54) is 51.4 Å². The van der Waals surface area contributed by atoms with Crippen molar-refractivity contribution in [2.24, 2.45) is 0 Å². The third-order valence-corrected chi connectivity index (χ3v) is 6.24. The molecule has 1 amide bonds. The molecule has 1 saturated heterocycles. The van der Waals surface area contributed by atoms with E-state index in [1.807, 2.05) is 6.92 Å². The molecule has 2 aromatic rings. The molecule has 4 rings (SSSR count). The molecule has 0 spiro atoms. The van der Waals surface area contributed by atoms with Crippen molar-refractivity contribution in [3.8, 4) is 0 Å². The first kappa shape index (κ1) is 20.1. The van der Waals surface area contributed by atoms with Gasteiger partial charge in [0.25, 0.3) is 5.71 Å². The molecule has 7 heteroatoms. The van der Waals surface area contributed by atoms with Crippen LogP contribution in [-0.4, -0.2) is 40.2 Å². The van der Waals surface area contributed by atoms with Gasteiger partial charge in [-0.3, -0.25) is 4.79 Å². The second-order valence-corrected chi connectivity index (χ2v) is 8.57. The Morgan fingerprint density at radius 2 is 1.72 bits per heavy atom. The Kier molecular flexibility index (Phi) is 6.62. The minimum absolute atomic E-state index is 0.102. The van der Waals surface area contributed by atoms with E-state index in [2.05, 4.69) is 20.4 Å². The fraction of sp³-hybridized carbons (Fsp3) is 0.727. The van der Waals surface area contributed by atoms with Crippen molar-refractivity contribution in [2.45, 2.75) is 90.0 Å². The summed E-state index contributed by atoms with van der Waals surface area (Å²) in [5.41, 5.74) is 1.37. The molecular weight excluding hydrogens is 366 g/mol. The maximum absolute atomic E-state index is 12.5. The molecule has 1 saturated carbocycles. The Morgan fingerprint density at radius 1 is 1.03 bits per heavy atom. The lowest BCUT2D eigenvalue weighted by molar-refractivity contribution is -0.121. The number of hydrogen-bond donors (Lipinski definition) is 1. The van der Waals surface area contributed by atoms with Gasteiger partial charge in [-0.25, -0.2) is 4.98 Å². The van der Waals surface area contributed by atoms with Crippen molar-refractivity contribution in [3.63, 3.8) is 0 Å². The van der Waals surface area contributed by atoms with Gasteiger partial charge >= 0.3 is 0 Å². The summed E-state index contributed by atoms with van der Waals surface area (Å²) in [7, 11) is 0. The van der Waals surface area contributed by atoms with Gasteiger partial charge in [-0.1, -0.05) is 43.7 Å². The Hall–Kier alpha value is -2.18. The lowest BCUT2D eigenvalue weighted by Gasteiger charge is -2.22. The normalized spacial score (nSPS) is 19.1. The Bertz CT molecular complexity index is 818. The molecule has 2 aliphatic rings. The van der Waals surface area contributed by atoms with Crippen LogP contribution >= 0.6 is 0 Å². The molecule has 0 aromatic carbocycles. The Balaban J connectivity index is 1.46. The monoisotopic (exact) mass is 399 g/mol. The summed E-state index contributed by atoms with van der Waals surface area (Å²) in [6.45, 7) is 3.94. The molecule has 0 bridgehead atoms. The van der Waals surface area contributed by atoms with Crippen LogP contribution in [0.5, 0.6) is 0 Å². The van der Waals surface area contributed by atoms with Crippen LogP contribution in [0.1, 0.15) is 82.1 Å². The van der Waals surface area contributed by atoms with Gasteiger partial charge in [-0.15, -0.1) is 0 Å². The predicted molar refractivity (Wildman–Crippen MR) is 113 cm³/mol. The maximum Gasteiger partial charge on any atom is 0.263 e. The van der Waals surface area contributed by atoms with Crippen LogP contribution in [0.15, 0.2) is 4.52 Å². The summed E-state index contributed by atoms with van der Waals surface area (Å²) in [5.74, 6) is 1.70. The Labute approximate surface area is 172 Å². The zero-order chi connectivity index (χ0) is 20.1. The van der Waals surface area contributed by atoms with Gasteiger partial charge in [0.2, 0.25) is 5.91 Å². The molecule has 1 N–H and O–H groups in total. The number of aromatic nitrogens is 3. The van der Waals surface area contributed by atoms with Gasteiger partial charge < -0.3 is 14.7 Å². The maximum atomic E-state index is 12.5. The highest BCUT2D eigenvalue weighted by Gasteiger charge is 2.21. The number of amides is 1. The first-order valence-electron chi connectivity index (χ1n) is 11.4. The van der Waals surface area contributed by atoms with Crippen molar-refractivity contribution < 1.29 is 9.32 Å². The summed E-state index contributed by atoms with van der Waals surface area (Å²) in [4.78, 5) is 24.3. The van der Waals surface area contributed by atoms with Crippen molar-refractivity contribution >= 4 is 22.8 Å². The van der Waals surface area contributed by atoms with E-state index in [4.69, 9.17) is 9.51 Å². The van der Waals surface area contributed by atoms with Crippen LogP contribution in [0.4, 0.5) is 5.82 Å². The Morgan fingerprint density at radius 3 is 2.45 bits per heavy atom. The van der Waals surface area contributed by atoms with Crippen molar-refractivity contribution in [1.82, 2.24) is 20.4 Å². The number of carbonyl (C=O) groups is 1. The molecule has 1 aliphatic heterocycles. The van der Waals surface area contributed by atoms with Crippen molar-refractivity contribution in [3.05, 3.63) is 11.5 Å². The van der Waals surface area contributed by atoms with E-state index in [-0.39, 0.29) is 5.91 Å². The second kappa shape index (κ2) is 9.55. The number of nitrogens with zero attached hydrogens (tertiary/aromatic N) is 4. The highest BCUT2D eigenvalue weighted by atomic mass is 16.5. The summed E-state index contributed by atoms with van der Waals surface area (Å²) in [5, 5.41) is 8.25. The van der Waals surface area contributed by atoms with E-state index >= 15 is 0 Å². The van der Waals surface area contributed by atoms with Crippen LogP contribution < -0.4 is 10.2 Å². The first-order chi connectivity index (χ1) is 14.2. The van der Waals surface area contributed by atoms with E-state index in [1.54, 1.807) is 0 Å². The fourth-order valence-electron chi connectivity index (χ4n) is 4.58. The van der Waals surface area contributed by atoms with Crippen LogP contribution in [0, 0.1) is 6.92 Å². The van der Waals surface area contributed by atoms with Gasteiger partial charge in [0.05, 0.1) is 5.69 Å². The molecule has 1 aliphatic carbocycles. The number of aryl methyl sites for hydroxylation is 2. The number of nitrogens with one attached hydrogen (secondary N) is 1. The van der Waals surface area contributed by atoms with E-state index < -0.39 is 0 Å². The first-order valence-corrected chi connectivity index (χ1v) is 11.4. The van der Waals surface area contributed by atoms with Crippen LogP contribution in [0.3, 0.4) is 0 Å². The number of rotatable bonds is 5. The minimum atomic E-state index is 0.102. The smallest absolute Gasteiger partial charge is 0.263 e. The largest absolute Gasteiger partial charge is 0.356 e. The molecule has 0 atom stereocenters. The van der Waals surface area contributed by atoms with E-state index in [0.717, 1.165) is 42.8 Å². The lowest BCUT2D eigenvalue weighted by Crippen LogP contribution is -2.34. The highest BCUT2D eigenvalue weighted by molar-refractivity contribution is 5.88. The van der Waals surface area contributed by atoms with E-state index in [9.17, 15) is 4.79 Å². The van der Waals surface area contributed by atoms with E-state index in [0.29, 0.717) is 30.4 Å². The zero-order valence-corrected chi connectivity index (χ0v) is 17.6. The van der Waals surface area contributed by atoms with Crippen molar-refractivity contribution in [1.29, 1.82) is 0 Å². The average molecular weight is 400 g/mol. The molecule has 0 radical (unpaired) electrons. The van der Waals surface area contributed by atoms with Gasteiger partial charge in [-0.05, 0) is 32.6 Å². The molecule has 2 aromatic heterocycles. The topological polar surface area (TPSA) is 84.1 Å². The van der Waals surface area contributed by atoms with Crippen LogP contribution in [0.2, 0.25) is 0 Å². The number of carbonyl (C=O) groups excluding carboxylic acids is 1. The predicted octanol–water partition coefficient (Wildman–Crippen LogP) is 4.08. The lowest BCUT2D eigenvalue weighted by atomic mass is 10.1. The average Bonchev–Trinajstić information content (AvgIpc) is 2.95. The van der Waals surface area contributed by atoms with Crippen LogP contribution in [0.25, 0.3) is 11.1 Å². The third kappa shape index (κ3) is 5.06. The molecule has 0 unspecified atom stereocenters. The van der Waals surface area contributed by atoms with Gasteiger partial charge in [0, 0.05) is 32.0 Å². The van der Waals surface area contributed by atoms with Crippen LogP contribution in [-0.2, 0) is 11.2 Å². The van der Waals surface area contributed by atoms with Crippen molar-refractivity contribution in [2.75, 3.05) is 18.0 Å². The fourth-order valence-corrected chi connectivity index (χ4v) is 4.58. The molecule has 158 valence electrons. The van der Waals surface area contributed by atoms with Gasteiger partial charge in [0.1, 0.15) is 17.0 Å². The number of hydrogen-bond acceptors (Lipinski definition) is 6. The number of fused-ring (bicyclic) bond motifs is 1. The van der Waals surface area contributed by atoms with Gasteiger partial charge in [-0.2, -0.15) is 4.98 Å². The van der Waals surface area contributed by atoms with Gasteiger partial charge in [0.15, 0.2) is 0 Å². The SMILES string of the molecule is Cc1noc2nc(CCC(=O)NC3CCCCCC3)nc(N3CCCCCC3)c12. The summed E-state index contributed by atoms with van der Waals surface area (Å²) in [6, 6.07) is 0.331. The molecular formula is C22H33N5O2. The zero-order valence-electron chi connectivity index (χ0n) is 17.6. The molecule has 29 heavy (non-hydrogen) atoms. The summed E-state index contributed by atoms with van der Waals surface area (Å²) in [6.07, 6.45) is 13.0. The molecule has 2 fully saturated rings. The summed E-state index contributed by atoms with van der Waals surface area (Å²) < 4.78 is 5.47.